The molecule has 0 aliphatic rings. The SMILES string of the molecule is C[C@H](NC(=O)OCc1ccccc1)C(=O)NCC(=O)N[C@@H](Cc1ccccc1)C(=O)N[C@@H](COC(=O)[C@H](C)NC(=O)OCc1ccccc1)C(=O)O. The van der Waals surface area contributed by atoms with E-state index in [9.17, 15) is 38.7 Å². The minimum Gasteiger partial charge on any atom is -0.480 e. The van der Waals surface area contributed by atoms with Gasteiger partial charge in [-0.1, -0.05) is 91.0 Å². The van der Waals surface area contributed by atoms with Gasteiger partial charge in [0.1, 0.15) is 37.9 Å². The maximum absolute atomic E-state index is 13.3. The van der Waals surface area contributed by atoms with E-state index in [1.165, 1.54) is 13.8 Å². The molecule has 3 aromatic rings. The van der Waals surface area contributed by atoms with Crippen molar-refractivity contribution >= 4 is 41.8 Å². The van der Waals surface area contributed by atoms with Crippen molar-refractivity contribution in [1.29, 1.82) is 0 Å². The minimum absolute atomic E-state index is 0.0121. The van der Waals surface area contributed by atoms with Gasteiger partial charge in [0.2, 0.25) is 17.7 Å². The van der Waals surface area contributed by atoms with E-state index in [1.807, 2.05) is 6.07 Å². The molecule has 0 heterocycles. The predicted octanol–water partition coefficient (Wildman–Crippen LogP) is 1.57. The van der Waals surface area contributed by atoms with E-state index < -0.39 is 79.2 Å². The number of nitrogens with one attached hydrogen (secondary N) is 5. The maximum Gasteiger partial charge on any atom is 0.408 e. The molecule has 276 valence electrons. The van der Waals surface area contributed by atoms with Crippen LogP contribution < -0.4 is 26.6 Å². The standard InChI is InChI=1S/C36H41N5O11/c1-23(38-35(48)51-20-26-14-8-4-9-15-26)31(43)37-19-30(42)40-28(18-25-12-6-3-7-13-25)32(44)41-29(33(45)46)22-50-34(47)24(2)39-36(49)52-21-27-16-10-5-11-17-27/h3-17,23-24,28-29H,18-22H2,1-2H3,(H,37,43)(H,38,48)(H,39,49)(H,40,42)(H,41,44)(H,45,46)/t23-,24-,28-,29-/m0/s1. The third-order valence-electron chi connectivity index (χ3n) is 7.21. The molecule has 5 amide bonds. The number of alkyl carbamates (subject to hydrolysis) is 2. The normalized spacial score (nSPS) is 12.7. The molecule has 16 heteroatoms. The molecule has 6 N–H and O–H groups in total. The first-order valence-electron chi connectivity index (χ1n) is 16.2. The molecule has 0 bridgehead atoms. The quantitative estimate of drug-likeness (QED) is 0.0817. The van der Waals surface area contributed by atoms with Gasteiger partial charge in [-0.05, 0) is 30.5 Å². The molecular weight excluding hydrogens is 678 g/mol. The number of esters is 1. The second-order valence-corrected chi connectivity index (χ2v) is 11.4. The van der Waals surface area contributed by atoms with E-state index in [1.54, 1.807) is 84.9 Å². The Morgan fingerprint density at radius 1 is 0.577 bits per heavy atom. The van der Waals surface area contributed by atoms with Crippen LogP contribution in [-0.4, -0.2) is 84.3 Å². The summed E-state index contributed by atoms with van der Waals surface area (Å²) in [4.78, 5) is 87.3. The van der Waals surface area contributed by atoms with Gasteiger partial charge >= 0.3 is 24.1 Å². The molecule has 0 radical (unpaired) electrons. The monoisotopic (exact) mass is 719 g/mol. The summed E-state index contributed by atoms with van der Waals surface area (Å²) in [6.07, 6.45) is -1.81. The number of benzene rings is 3. The van der Waals surface area contributed by atoms with Crippen molar-refractivity contribution in [3.8, 4) is 0 Å². The van der Waals surface area contributed by atoms with Crippen LogP contribution in [0.4, 0.5) is 9.59 Å². The highest BCUT2D eigenvalue weighted by Crippen LogP contribution is 2.06. The number of aliphatic carboxylic acids is 1. The first-order chi connectivity index (χ1) is 24.9. The average molecular weight is 720 g/mol. The van der Waals surface area contributed by atoms with Gasteiger partial charge in [0.25, 0.3) is 0 Å². The van der Waals surface area contributed by atoms with Gasteiger partial charge in [0.15, 0.2) is 6.04 Å². The van der Waals surface area contributed by atoms with E-state index in [-0.39, 0.29) is 19.6 Å². The van der Waals surface area contributed by atoms with Crippen LogP contribution in [0.25, 0.3) is 0 Å². The fourth-order valence-corrected chi connectivity index (χ4v) is 4.37. The van der Waals surface area contributed by atoms with Crippen LogP contribution in [-0.2, 0) is 57.8 Å². The molecule has 0 aromatic heterocycles. The number of hydrogen-bond donors (Lipinski definition) is 6. The van der Waals surface area contributed by atoms with Gasteiger partial charge in [0, 0.05) is 6.42 Å². The predicted molar refractivity (Wildman–Crippen MR) is 184 cm³/mol. The first-order valence-corrected chi connectivity index (χ1v) is 16.2. The minimum atomic E-state index is -1.72. The summed E-state index contributed by atoms with van der Waals surface area (Å²) in [5, 5.41) is 21.5. The van der Waals surface area contributed by atoms with Gasteiger partial charge in [-0.25, -0.2) is 19.2 Å². The fraction of sp³-hybridized carbons (Fsp3) is 0.306. The largest absolute Gasteiger partial charge is 0.480 e. The molecule has 16 nitrogen and oxygen atoms in total. The number of ether oxygens (including phenoxy) is 3. The summed E-state index contributed by atoms with van der Waals surface area (Å²) in [5.74, 6) is -4.95. The lowest BCUT2D eigenvalue weighted by atomic mass is 10.0. The van der Waals surface area contributed by atoms with Gasteiger partial charge in [-0.15, -0.1) is 0 Å². The van der Waals surface area contributed by atoms with Gasteiger partial charge in [-0.2, -0.15) is 0 Å². The van der Waals surface area contributed by atoms with E-state index in [4.69, 9.17) is 14.2 Å². The van der Waals surface area contributed by atoms with Crippen molar-refractivity contribution in [2.45, 2.75) is 57.6 Å². The van der Waals surface area contributed by atoms with Crippen LogP contribution >= 0.6 is 0 Å². The Bertz CT molecular complexity index is 1660. The molecule has 3 aromatic carbocycles. The van der Waals surface area contributed by atoms with E-state index in [0.29, 0.717) is 5.56 Å². The Kier molecular flexibility index (Phi) is 16.1. The van der Waals surface area contributed by atoms with Crippen molar-refractivity contribution in [1.82, 2.24) is 26.6 Å². The van der Waals surface area contributed by atoms with Crippen LogP contribution in [0.5, 0.6) is 0 Å². The molecule has 0 spiro atoms. The summed E-state index contributed by atoms with van der Waals surface area (Å²) in [5.41, 5.74) is 2.09. The molecule has 0 saturated carbocycles. The molecule has 4 atom stereocenters. The first kappa shape index (κ1) is 40.0. The molecular formula is C36H41N5O11. The molecule has 52 heavy (non-hydrogen) atoms. The number of amides is 5. The molecule has 0 fully saturated rings. The average Bonchev–Trinajstić information content (AvgIpc) is 3.14. The van der Waals surface area contributed by atoms with Crippen LogP contribution in [0.2, 0.25) is 0 Å². The summed E-state index contributed by atoms with van der Waals surface area (Å²) < 4.78 is 15.2. The summed E-state index contributed by atoms with van der Waals surface area (Å²) in [6, 6.07) is 20.9. The number of carboxylic acid groups (broad SMARTS) is 1. The lowest BCUT2D eigenvalue weighted by Crippen LogP contribution is -2.55. The molecule has 0 saturated heterocycles. The lowest BCUT2D eigenvalue weighted by molar-refractivity contribution is -0.151. The Morgan fingerprint density at radius 2 is 1.06 bits per heavy atom. The smallest absolute Gasteiger partial charge is 0.408 e. The van der Waals surface area contributed by atoms with E-state index >= 15 is 0 Å². The molecule has 0 aliphatic carbocycles. The van der Waals surface area contributed by atoms with Gasteiger partial charge < -0.3 is 45.9 Å². The zero-order valence-corrected chi connectivity index (χ0v) is 28.5. The lowest BCUT2D eigenvalue weighted by Gasteiger charge is -2.22. The number of rotatable bonds is 18. The summed E-state index contributed by atoms with van der Waals surface area (Å²) in [7, 11) is 0. The molecule has 0 unspecified atom stereocenters. The Morgan fingerprint density at radius 3 is 1.56 bits per heavy atom. The van der Waals surface area contributed by atoms with Crippen molar-refractivity contribution in [3.05, 3.63) is 108 Å². The number of carboxylic acids is 1. The second kappa shape index (κ2) is 20.9. The Labute approximate surface area is 299 Å². The van der Waals surface area contributed by atoms with Crippen LogP contribution in [0, 0.1) is 0 Å². The van der Waals surface area contributed by atoms with E-state index in [0.717, 1.165) is 11.1 Å². The Hall–Kier alpha value is -6.45. The zero-order chi connectivity index (χ0) is 37.9. The van der Waals surface area contributed by atoms with Crippen LogP contribution in [0.15, 0.2) is 91.0 Å². The van der Waals surface area contributed by atoms with Crippen LogP contribution in [0.3, 0.4) is 0 Å². The fourth-order valence-electron chi connectivity index (χ4n) is 4.37. The topological polar surface area (TPSA) is 228 Å². The third-order valence-corrected chi connectivity index (χ3v) is 7.21. The summed E-state index contributed by atoms with van der Waals surface area (Å²) >= 11 is 0. The molecule has 0 aliphatic heterocycles. The molecule has 3 rings (SSSR count). The van der Waals surface area contributed by atoms with Gasteiger partial charge in [-0.3, -0.25) is 14.4 Å². The van der Waals surface area contributed by atoms with Gasteiger partial charge in [0.05, 0.1) is 6.54 Å². The number of carbonyl (C=O) groups is 7. The Balaban J connectivity index is 1.51. The van der Waals surface area contributed by atoms with Crippen molar-refractivity contribution in [2.24, 2.45) is 0 Å². The highest BCUT2D eigenvalue weighted by Gasteiger charge is 2.29. The van der Waals surface area contributed by atoms with Crippen molar-refractivity contribution in [3.63, 3.8) is 0 Å². The highest BCUT2D eigenvalue weighted by atomic mass is 16.6. The summed E-state index contributed by atoms with van der Waals surface area (Å²) in [6.45, 7) is 1.25. The van der Waals surface area contributed by atoms with Crippen LogP contribution in [0.1, 0.15) is 30.5 Å². The highest BCUT2D eigenvalue weighted by molar-refractivity contribution is 5.93. The number of carbonyl (C=O) groups excluding carboxylic acids is 6. The number of hydrogen-bond acceptors (Lipinski definition) is 10. The maximum atomic E-state index is 13.3. The third kappa shape index (κ3) is 14.6. The second-order valence-electron chi connectivity index (χ2n) is 11.4. The van der Waals surface area contributed by atoms with E-state index in [2.05, 4.69) is 26.6 Å². The zero-order valence-electron chi connectivity index (χ0n) is 28.5. The van der Waals surface area contributed by atoms with Crippen molar-refractivity contribution in [2.75, 3.05) is 13.2 Å². The van der Waals surface area contributed by atoms with Crippen molar-refractivity contribution < 1.29 is 52.9 Å².